The van der Waals surface area contributed by atoms with Crippen LogP contribution >= 0.6 is 0 Å². The van der Waals surface area contributed by atoms with Crippen LogP contribution in [0, 0.1) is 6.92 Å². The van der Waals surface area contributed by atoms with Crippen LogP contribution in [-0.2, 0) is 21.3 Å². The van der Waals surface area contributed by atoms with E-state index in [-0.39, 0.29) is 0 Å². The Morgan fingerprint density at radius 3 is 2.75 bits per heavy atom. The molecule has 6 heteroatoms. The molecule has 0 aliphatic carbocycles. The average molecular weight is 298 g/mol. The molecular weight excluding hydrogens is 276 g/mol. The van der Waals surface area contributed by atoms with E-state index in [9.17, 15) is 8.42 Å². The second kappa shape index (κ2) is 5.81. The molecule has 1 aromatic carbocycles. The minimum absolute atomic E-state index is 0.307. The number of aryl methyl sites for hydroxylation is 1. The molecule has 112 valence electrons. The molecule has 0 amide bonds. The van der Waals surface area contributed by atoms with Crippen molar-refractivity contribution in [2.75, 3.05) is 13.2 Å². The van der Waals surface area contributed by atoms with Crippen LogP contribution in [0.5, 0.6) is 0 Å². The molecule has 0 saturated carbocycles. The van der Waals surface area contributed by atoms with Gasteiger partial charge in [-0.05, 0) is 43.9 Å². The summed E-state index contributed by atoms with van der Waals surface area (Å²) in [5, 5.41) is 0. The van der Waals surface area contributed by atoms with E-state index in [1.807, 2.05) is 13.0 Å². The summed E-state index contributed by atoms with van der Waals surface area (Å²) in [5.74, 6) is 0. The number of nitrogens with one attached hydrogen (secondary N) is 1. The molecule has 5 nitrogen and oxygen atoms in total. The molecule has 3 N–H and O–H groups in total. The lowest BCUT2D eigenvalue weighted by Gasteiger charge is -2.34. The molecule has 0 bridgehead atoms. The summed E-state index contributed by atoms with van der Waals surface area (Å²) >= 11 is 0. The van der Waals surface area contributed by atoms with Crippen molar-refractivity contribution >= 4 is 10.0 Å². The van der Waals surface area contributed by atoms with Crippen LogP contribution in [0.15, 0.2) is 23.1 Å². The van der Waals surface area contributed by atoms with Crippen LogP contribution in [0.1, 0.15) is 30.9 Å². The smallest absolute Gasteiger partial charge is 0.241 e. The highest BCUT2D eigenvalue weighted by molar-refractivity contribution is 7.89. The molecule has 0 radical (unpaired) electrons. The maximum atomic E-state index is 12.5. The number of sulfonamides is 1. The second-order valence-corrected chi connectivity index (χ2v) is 7.28. The minimum Gasteiger partial charge on any atom is -0.380 e. The van der Waals surface area contributed by atoms with Crippen LogP contribution in [0.3, 0.4) is 0 Å². The first-order valence-electron chi connectivity index (χ1n) is 6.78. The fourth-order valence-electron chi connectivity index (χ4n) is 2.53. The zero-order valence-corrected chi connectivity index (χ0v) is 12.8. The highest BCUT2D eigenvalue weighted by atomic mass is 32.2. The lowest BCUT2D eigenvalue weighted by molar-refractivity contribution is 0.0386. The SMILES string of the molecule is Cc1cc(CN)ccc1S(=O)(=O)NC1(C)CCCOC1. The van der Waals surface area contributed by atoms with Gasteiger partial charge in [-0.3, -0.25) is 0 Å². The van der Waals surface area contributed by atoms with Crippen molar-refractivity contribution < 1.29 is 13.2 Å². The Bertz CT molecular complexity index is 578. The molecule has 0 aromatic heterocycles. The van der Waals surface area contributed by atoms with Gasteiger partial charge in [-0.25, -0.2) is 13.1 Å². The van der Waals surface area contributed by atoms with Crippen LogP contribution in [0.2, 0.25) is 0 Å². The van der Waals surface area contributed by atoms with Gasteiger partial charge >= 0.3 is 0 Å². The summed E-state index contributed by atoms with van der Waals surface area (Å²) in [7, 11) is -3.54. The van der Waals surface area contributed by atoms with Gasteiger partial charge in [-0.15, -0.1) is 0 Å². The number of rotatable bonds is 4. The lowest BCUT2D eigenvalue weighted by atomic mass is 9.97. The van der Waals surface area contributed by atoms with Crippen LogP contribution in [-0.4, -0.2) is 27.2 Å². The quantitative estimate of drug-likeness (QED) is 0.878. The van der Waals surface area contributed by atoms with E-state index in [2.05, 4.69) is 4.72 Å². The Morgan fingerprint density at radius 1 is 1.45 bits per heavy atom. The molecule has 1 aliphatic heterocycles. The molecule has 1 saturated heterocycles. The molecule has 0 spiro atoms. The van der Waals surface area contributed by atoms with Gasteiger partial charge in [-0.2, -0.15) is 0 Å². The number of hydrogen-bond donors (Lipinski definition) is 2. The van der Waals surface area contributed by atoms with E-state index in [1.165, 1.54) is 0 Å². The molecule has 1 aliphatic rings. The topological polar surface area (TPSA) is 81.4 Å². The van der Waals surface area contributed by atoms with Crippen LogP contribution in [0.25, 0.3) is 0 Å². The van der Waals surface area contributed by atoms with Crippen molar-refractivity contribution in [2.24, 2.45) is 5.73 Å². The molecule has 2 rings (SSSR count). The van der Waals surface area contributed by atoms with Crippen molar-refractivity contribution in [1.29, 1.82) is 0 Å². The van der Waals surface area contributed by atoms with Crippen molar-refractivity contribution in [3.8, 4) is 0 Å². The van der Waals surface area contributed by atoms with E-state index in [0.29, 0.717) is 30.2 Å². The minimum atomic E-state index is -3.54. The van der Waals surface area contributed by atoms with E-state index < -0.39 is 15.6 Å². The zero-order chi connectivity index (χ0) is 14.8. The van der Waals surface area contributed by atoms with Gasteiger partial charge in [-0.1, -0.05) is 12.1 Å². The summed E-state index contributed by atoms with van der Waals surface area (Å²) in [4.78, 5) is 0.307. The molecule has 1 heterocycles. The molecule has 1 aromatic rings. The van der Waals surface area contributed by atoms with Gasteiger partial charge in [0, 0.05) is 13.2 Å². The maximum Gasteiger partial charge on any atom is 0.241 e. The number of ether oxygens (including phenoxy) is 1. The number of hydrogen-bond acceptors (Lipinski definition) is 4. The number of benzene rings is 1. The second-order valence-electron chi connectivity index (χ2n) is 5.63. The first-order chi connectivity index (χ1) is 9.36. The van der Waals surface area contributed by atoms with E-state index >= 15 is 0 Å². The lowest BCUT2D eigenvalue weighted by Crippen LogP contribution is -2.51. The summed E-state index contributed by atoms with van der Waals surface area (Å²) in [6, 6.07) is 5.18. The summed E-state index contributed by atoms with van der Waals surface area (Å²) in [6.45, 7) is 5.18. The standard InChI is InChI=1S/C14H22N2O3S/c1-11-8-12(9-15)4-5-13(11)20(17,18)16-14(2)6-3-7-19-10-14/h4-5,8,16H,3,6-7,9-10,15H2,1-2H3. The van der Waals surface area contributed by atoms with Gasteiger partial charge in [0.05, 0.1) is 17.0 Å². The number of nitrogens with two attached hydrogens (primary N) is 1. The Hall–Kier alpha value is -0.950. The predicted octanol–water partition coefficient (Wildman–Crippen LogP) is 1.30. The van der Waals surface area contributed by atoms with Crippen molar-refractivity contribution in [3.63, 3.8) is 0 Å². The van der Waals surface area contributed by atoms with Gasteiger partial charge in [0.25, 0.3) is 0 Å². The van der Waals surface area contributed by atoms with Gasteiger partial charge in [0.2, 0.25) is 10.0 Å². The highest BCUT2D eigenvalue weighted by Crippen LogP contribution is 2.23. The summed E-state index contributed by atoms with van der Waals surface area (Å²) < 4.78 is 33.2. The molecule has 20 heavy (non-hydrogen) atoms. The predicted molar refractivity (Wildman–Crippen MR) is 77.8 cm³/mol. The fraction of sp³-hybridized carbons (Fsp3) is 0.571. The largest absolute Gasteiger partial charge is 0.380 e. The third kappa shape index (κ3) is 3.38. The third-order valence-electron chi connectivity index (χ3n) is 3.58. The Balaban J connectivity index is 2.26. The van der Waals surface area contributed by atoms with Crippen molar-refractivity contribution in [3.05, 3.63) is 29.3 Å². The van der Waals surface area contributed by atoms with Crippen LogP contribution in [0.4, 0.5) is 0 Å². The van der Waals surface area contributed by atoms with Crippen molar-refractivity contribution in [1.82, 2.24) is 4.72 Å². The molecule has 1 unspecified atom stereocenters. The average Bonchev–Trinajstić information content (AvgIpc) is 2.37. The Labute approximate surface area is 120 Å². The van der Waals surface area contributed by atoms with Crippen LogP contribution < -0.4 is 10.5 Å². The first kappa shape index (κ1) is 15.4. The van der Waals surface area contributed by atoms with E-state index in [4.69, 9.17) is 10.5 Å². The zero-order valence-electron chi connectivity index (χ0n) is 12.0. The molecular formula is C14H22N2O3S. The van der Waals surface area contributed by atoms with E-state index in [0.717, 1.165) is 18.4 Å². The monoisotopic (exact) mass is 298 g/mol. The molecule has 1 fully saturated rings. The first-order valence-corrected chi connectivity index (χ1v) is 8.26. The summed E-state index contributed by atoms with van der Waals surface area (Å²) in [5.41, 5.74) is 6.67. The van der Waals surface area contributed by atoms with Gasteiger partial charge in [0.15, 0.2) is 0 Å². The highest BCUT2D eigenvalue weighted by Gasteiger charge is 2.33. The Morgan fingerprint density at radius 2 is 2.20 bits per heavy atom. The maximum absolute atomic E-state index is 12.5. The Kier molecular flexibility index (Phi) is 4.49. The van der Waals surface area contributed by atoms with Gasteiger partial charge < -0.3 is 10.5 Å². The van der Waals surface area contributed by atoms with Gasteiger partial charge in [0.1, 0.15) is 0 Å². The summed E-state index contributed by atoms with van der Waals surface area (Å²) in [6.07, 6.45) is 1.65. The van der Waals surface area contributed by atoms with E-state index in [1.54, 1.807) is 19.1 Å². The normalized spacial score (nSPS) is 23.8. The van der Waals surface area contributed by atoms with Crippen molar-refractivity contribution in [2.45, 2.75) is 43.7 Å². The molecule has 1 atom stereocenters. The third-order valence-corrected chi connectivity index (χ3v) is 5.38. The fourth-order valence-corrected chi connectivity index (χ4v) is 4.18.